The van der Waals surface area contributed by atoms with Crippen LogP contribution in [0.5, 0.6) is 23.0 Å². The predicted molar refractivity (Wildman–Crippen MR) is 303 cm³/mol. The quantitative estimate of drug-likeness (QED) is 0.0377. The Morgan fingerprint density at radius 2 is 0.514 bits per heavy atom. The molecule has 70 heavy (non-hydrogen) atoms. The van der Waals surface area contributed by atoms with Crippen LogP contribution in [-0.2, 0) is 0 Å². The van der Waals surface area contributed by atoms with Crippen molar-refractivity contribution in [2.24, 2.45) is 0 Å². The number of unbranched alkanes of at least 4 members (excludes halogenated alkanes) is 20. The van der Waals surface area contributed by atoms with E-state index in [1.54, 1.807) is 0 Å². The van der Waals surface area contributed by atoms with Crippen molar-refractivity contribution < 1.29 is 18.9 Å². The van der Waals surface area contributed by atoms with E-state index in [2.05, 4.69) is 144 Å². The van der Waals surface area contributed by atoms with Crippen molar-refractivity contribution in [2.45, 2.75) is 194 Å². The smallest absolute Gasteiger partial charge is 0.119 e. The van der Waals surface area contributed by atoms with E-state index in [-0.39, 0.29) is 11.8 Å². The van der Waals surface area contributed by atoms with Crippen LogP contribution in [0.3, 0.4) is 0 Å². The highest BCUT2D eigenvalue weighted by molar-refractivity contribution is 9.11. The zero-order valence-electron chi connectivity index (χ0n) is 43.4. The lowest BCUT2D eigenvalue weighted by Crippen LogP contribution is -2.06. The number of benzene rings is 5. The van der Waals surface area contributed by atoms with Gasteiger partial charge in [0.2, 0.25) is 0 Å². The standard InChI is InChI=1S/C64H84Br2O4/c1-5-9-13-17-21-25-37-67-47-29-33-51-55(41-47)56-42-48(68-38-26-22-18-14-10-6-2)30-34-52(56)63(51)59-45-62(66)60(46-61(59)65)64-53-35-31-49(69-39-27-23-19-15-11-7-3)43-57(53)58-44-50(32-36-54(58)64)70-40-28-24-20-16-12-8-4/h29-36,41-46,63-64H,5-28,37-40H2,1-4H3. The number of hydrogen-bond acceptors (Lipinski definition) is 4. The van der Waals surface area contributed by atoms with Gasteiger partial charge in [0, 0.05) is 20.8 Å². The summed E-state index contributed by atoms with van der Waals surface area (Å²) >= 11 is 8.41. The molecule has 7 rings (SSSR count). The molecule has 0 unspecified atom stereocenters. The highest BCUT2D eigenvalue weighted by atomic mass is 79.9. The maximum absolute atomic E-state index is 6.45. The minimum atomic E-state index is 0.0470. The fourth-order valence-electron chi connectivity index (χ4n) is 10.8. The van der Waals surface area contributed by atoms with Crippen molar-refractivity contribution in [1.29, 1.82) is 0 Å². The monoisotopic (exact) mass is 1070 g/mol. The lowest BCUT2D eigenvalue weighted by atomic mass is 9.85. The molecule has 5 aromatic rings. The first-order valence-electron chi connectivity index (χ1n) is 28.0. The molecule has 0 saturated carbocycles. The van der Waals surface area contributed by atoms with Crippen LogP contribution < -0.4 is 18.9 Å². The summed E-state index contributed by atoms with van der Waals surface area (Å²) in [5, 5.41) is 0. The molecule has 0 saturated heterocycles. The number of halogens is 2. The topological polar surface area (TPSA) is 36.9 Å². The molecular weight excluding hydrogens is 993 g/mol. The van der Waals surface area contributed by atoms with E-state index in [9.17, 15) is 0 Å². The molecule has 0 N–H and O–H groups in total. The molecule has 0 fully saturated rings. The Hall–Kier alpha value is -3.74. The number of fused-ring (bicyclic) bond motifs is 6. The van der Waals surface area contributed by atoms with Gasteiger partial charge in [0.25, 0.3) is 0 Å². The van der Waals surface area contributed by atoms with Gasteiger partial charge in [-0.3, -0.25) is 0 Å². The van der Waals surface area contributed by atoms with E-state index >= 15 is 0 Å². The van der Waals surface area contributed by atoms with Crippen molar-refractivity contribution >= 4 is 31.9 Å². The molecule has 0 bridgehead atoms. The number of hydrogen-bond donors (Lipinski definition) is 0. The summed E-state index contributed by atoms with van der Waals surface area (Å²) in [6.45, 7) is 12.1. The molecule has 0 aliphatic heterocycles. The Kier molecular flexibility index (Phi) is 22.5. The first kappa shape index (κ1) is 54.0. The fourth-order valence-corrected chi connectivity index (χ4v) is 11.9. The van der Waals surface area contributed by atoms with Gasteiger partial charge < -0.3 is 18.9 Å². The van der Waals surface area contributed by atoms with Gasteiger partial charge >= 0.3 is 0 Å². The van der Waals surface area contributed by atoms with Gasteiger partial charge in [-0.1, -0.05) is 212 Å². The second-order valence-corrected chi connectivity index (χ2v) is 21.9. The van der Waals surface area contributed by atoms with Crippen molar-refractivity contribution in [3.63, 3.8) is 0 Å². The summed E-state index contributed by atoms with van der Waals surface area (Å²) in [5.74, 6) is 3.87. The predicted octanol–water partition coefficient (Wildman–Crippen LogP) is 20.5. The summed E-state index contributed by atoms with van der Waals surface area (Å²) in [4.78, 5) is 0. The van der Waals surface area contributed by atoms with Gasteiger partial charge in [0.1, 0.15) is 23.0 Å². The molecule has 5 aromatic carbocycles. The number of ether oxygens (including phenoxy) is 4. The van der Waals surface area contributed by atoms with Crippen LogP contribution in [0.4, 0.5) is 0 Å². The van der Waals surface area contributed by atoms with E-state index in [0.717, 1.165) is 84.1 Å². The third kappa shape index (κ3) is 14.7. The van der Waals surface area contributed by atoms with Crippen LogP contribution in [0.25, 0.3) is 22.3 Å². The van der Waals surface area contributed by atoms with Crippen molar-refractivity contribution in [2.75, 3.05) is 26.4 Å². The van der Waals surface area contributed by atoms with E-state index in [0.29, 0.717) is 0 Å². The SMILES string of the molecule is CCCCCCCCOc1ccc2c(c1)-c1cc(OCCCCCCCC)ccc1C2c1cc(Br)c(C2c3ccc(OCCCCCCCC)cc3-c3cc(OCCCCCCCC)ccc32)cc1Br. The highest BCUT2D eigenvalue weighted by Gasteiger charge is 2.36. The summed E-state index contributed by atoms with van der Waals surface area (Å²) in [6, 6.07) is 31.9. The van der Waals surface area contributed by atoms with Crippen LogP contribution >= 0.6 is 31.9 Å². The fraction of sp³-hybridized carbons (Fsp3) is 0.531. The summed E-state index contributed by atoms with van der Waals surface area (Å²) in [5.41, 5.74) is 12.6. The van der Waals surface area contributed by atoms with E-state index in [1.807, 2.05) is 0 Å². The summed E-state index contributed by atoms with van der Waals surface area (Å²) < 4.78 is 28.0. The molecule has 0 atom stereocenters. The summed E-state index contributed by atoms with van der Waals surface area (Å²) in [7, 11) is 0. The lowest BCUT2D eigenvalue weighted by Gasteiger charge is -2.22. The van der Waals surface area contributed by atoms with Crippen LogP contribution in [0.15, 0.2) is 93.9 Å². The Morgan fingerprint density at radius 1 is 0.286 bits per heavy atom. The Morgan fingerprint density at radius 3 is 0.757 bits per heavy atom. The molecular formula is C64H84Br2O4. The second-order valence-electron chi connectivity index (χ2n) is 20.2. The molecule has 4 nitrogen and oxygen atoms in total. The maximum atomic E-state index is 6.45. The molecule has 0 spiro atoms. The van der Waals surface area contributed by atoms with Gasteiger partial charge in [0.15, 0.2) is 0 Å². The maximum Gasteiger partial charge on any atom is 0.119 e. The zero-order chi connectivity index (χ0) is 48.9. The molecule has 6 heteroatoms. The normalized spacial score (nSPS) is 12.8. The average molecular weight is 1080 g/mol. The van der Waals surface area contributed by atoms with Crippen molar-refractivity contribution in [3.05, 3.63) is 127 Å². The third-order valence-corrected chi connectivity index (χ3v) is 16.1. The van der Waals surface area contributed by atoms with E-state index in [4.69, 9.17) is 18.9 Å². The zero-order valence-corrected chi connectivity index (χ0v) is 46.6. The van der Waals surface area contributed by atoms with E-state index in [1.165, 1.54) is 184 Å². The molecule has 0 aromatic heterocycles. The molecule has 0 heterocycles. The van der Waals surface area contributed by atoms with Crippen LogP contribution in [0.2, 0.25) is 0 Å². The Labute approximate surface area is 440 Å². The third-order valence-electron chi connectivity index (χ3n) is 14.7. The minimum absolute atomic E-state index is 0.0470. The van der Waals surface area contributed by atoms with Gasteiger partial charge in [0.05, 0.1) is 26.4 Å². The molecule has 2 aliphatic rings. The lowest BCUT2D eigenvalue weighted by molar-refractivity contribution is 0.304. The van der Waals surface area contributed by atoms with E-state index < -0.39 is 0 Å². The van der Waals surface area contributed by atoms with Crippen LogP contribution in [0.1, 0.15) is 227 Å². The average Bonchev–Trinajstić information content (AvgIpc) is 3.86. The largest absolute Gasteiger partial charge is 0.494 e. The highest BCUT2D eigenvalue weighted by Crippen LogP contribution is 2.55. The first-order chi connectivity index (χ1) is 34.4. The molecule has 0 amide bonds. The molecule has 2 aliphatic carbocycles. The molecule has 378 valence electrons. The van der Waals surface area contributed by atoms with Crippen molar-refractivity contribution in [1.82, 2.24) is 0 Å². The second kappa shape index (κ2) is 29.1. The van der Waals surface area contributed by atoms with Gasteiger partial charge in [-0.2, -0.15) is 0 Å². The first-order valence-corrected chi connectivity index (χ1v) is 29.6. The summed E-state index contributed by atoms with van der Waals surface area (Å²) in [6.07, 6.45) is 30.0. The van der Waals surface area contributed by atoms with Gasteiger partial charge in [-0.05, 0) is 142 Å². The van der Waals surface area contributed by atoms with Crippen LogP contribution in [0, 0.1) is 0 Å². The molecule has 0 radical (unpaired) electrons. The van der Waals surface area contributed by atoms with Crippen molar-refractivity contribution in [3.8, 4) is 45.3 Å². The Bertz CT molecular complexity index is 2070. The van der Waals surface area contributed by atoms with Crippen LogP contribution in [-0.4, -0.2) is 26.4 Å². The van der Waals surface area contributed by atoms with Gasteiger partial charge in [-0.15, -0.1) is 0 Å². The Balaban J connectivity index is 1.16. The number of rotatable bonds is 34. The van der Waals surface area contributed by atoms with Gasteiger partial charge in [-0.25, -0.2) is 0 Å². The minimum Gasteiger partial charge on any atom is -0.494 e.